The average molecular weight is 253 g/mol. The van der Waals surface area contributed by atoms with E-state index in [4.69, 9.17) is 9.47 Å². The van der Waals surface area contributed by atoms with Crippen LogP contribution in [-0.2, 0) is 9.47 Å². The van der Waals surface area contributed by atoms with Gasteiger partial charge in [-0.3, -0.25) is 0 Å². The van der Waals surface area contributed by atoms with E-state index in [9.17, 15) is 0 Å². The Hall–Kier alpha value is -0.120. The van der Waals surface area contributed by atoms with E-state index in [1.54, 1.807) is 0 Å². The van der Waals surface area contributed by atoms with Crippen molar-refractivity contribution in [1.29, 1.82) is 0 Å². The number of rotatable bonds is 4. The maximum atomic E-state index is 5.97. The molecule has 0 bridgehead atoms. The first-order chi connectivity index (χ1) is 8.85. The van der Waals surface area contributed by atoms with E-state index in [-0.39, 0.29) is 0 Å². The van der Waals surface area contributed by atoms with Crippen LogP contribution in [0.1, 0.15) is 51.9 Å². The minimum atomic E-state index is 0.480. The molecule has 3 heteroatoms. The number of hydrogen-bond acceptors (Lipinski definition) is 3. The molecule has 104 valence electrons. The van der Waals surface area contributed by atoms with Crippen molar-refractivity contribution in [2.24, 2.45) is 5.41 Å². The summed E-state index contributed by atoms with van der Waals surface area (Å²) in [5.41, 5.74) is 0.480. The van der Waals surface area contributed by atoms with Gasteiger partial charge in [-0.2, -0.15) is 0 Å². The second-order valence-electron chi connectivity index (χ2n) is 6.23. The number of hydrogen-bond donors (Lipinski definition) is 1. The summed E-state index contributed by atoms with van der Waals surface area (Å²) in [6, 6.07) is 1.39. The molecule has 0 amide bonds. The fraction of sp³-hybridized carbons (Fsp3) is 1.00. The van der Waals surface area contributed by atoms with Crippen molar-refractivity contribution in [3.05, 3.63) is 0 Å². The topological polar surface area (TPSA) is 30.5 Å². The molecular formula is C15H27NO2. The smallest absolute Gasteiger partial charge is 0.0661 e. The quantitative estimate of drug-likeness (QED) is 0.835. The lowest BCUT2D eigenvalue weighted by molar-refractivity contribution is -0.134. The van der Waals surface area contributed by atoms with E-state index in [0.29, 0.717) is 23.6 Å². The van der Waals surface area contributed by atoms with Crippen LogP contribution in [0.25, 0.3) is 0 Å². The van der Waals surface area contributed by atoms with Crippen molar-refractivity contribution in [1.82, 2.24) is 5.32 Å². The zero-order valence-electron chi connectivity index (χ0n) is 11.6. The van der Waals surface area contributed by atoms with Crippen molar-refractivity contribution in [2.45, 2.75) is 70.1 Å². The van der Waals surface area contributed by atoms with Gasteiger partial charge in [0.25, 0.3) is 0 Å². The largest absolute Gasteiger partial charge is 0.381 e. The molecule has 3 rings (SSSR count). The fourth-order valence-corrected chi connectivity index (χ4v) is 4.27. The third-order valence-corrected chi connectivity index (χ3v) is 5.35. The van der Waals surface area contributed by atoms with Crippen LogP contribution in [0.2, 0.25) is 0 Å². The van der Waals surface area contributed by atoms with Crippen LogP contribution in [0.5, 0.6) is 0 Å². The van der Waals surface area contributed by atoms with Gasteiger partial charge in [0, 0.05) is 37.3 Å². The molecule has 3 nitrogen and oxygen atoms in total. The second kappa shape index (κ2) is 5.48. The van der Waals surface area contributed by atoms with Crippen LogP contribution < -0.4 is 5.32 Å². The van der Waals surface area contributed by atoms with E-state index in [2.05, 4.69) is 12.2 Å². The molecule has 2 saturated carbocycles. The molecule has 0 aromatic rings. The lowest BCUT2D eigenvalue weighted by Gasteiger charge is -2.55. The third-order valence-electron chi connectivity index (χ3n) is 5.35. The molecule has 0 aromatic heterocycles. The molecule has 1 heterocycles. The van der Waals surface area contributed by atoms with E-state index in [0.717, 1.165) is 19.8 Å². The summed E-state index contributed by atoms with van der Waals surface area (Å²) in [4.78, 5) is 0. The van der Waals surface area contributed by atoms with Crippen LogP contribution in [0.3, 0.4) is 0 Å². The minimum Gasteiger partial charge on any atom is -0.381 e. The van der Waals surface area contributed by atoms with E-state index < -0.39 is 0 Å². The Labute approximate surface area is 111 Å². The number of ether oxygens (including phenoxy) is 2. The van der Waals surface area contributed by atoms with Crippen LogP contribution >= 0.6 is 0 Å². The van der Waals surface area contributed by atoms with Gasteiger partial charge in [-0.15, -0.1) is 0 Å². The van der Waals surface area contributed by atoms with Crippen LogP contribution in [0.15, 0.2) is 0 Å². The minimum absolute atomic E-state index is 0.480. The van der Waals surface area contributed by atoms with E-state index >= 15 is 0 Å². The predicted molar refractivity (Wildman–Crippen MR) is 71.7 cm³/mol. The van der Waals surface area contributed by atoms with Crippen LogP contribution in [-0.4, -0.2) is 38.0 Å². The van der Waals surface area contributed by atoms with Crippen molar-refractivity contribution >= 4 is 0 Å². The Balaban J connectivity index is 1.59. The van der Waals surface area contributed by atoms with Gasteiger partial charge in [-0.05, 0) is 39.0 Å². The maximum Gasteiger partial charge on any atom is 0.0661 e. The Morgan fingerprint density at radius 1 is 1.22 bits per heavy atom. The molecule has 1 spiro atoms. The Kier molecular flexibility index (Phi) is 3.92. The van der Waals surface area contributed by atoms with Gasteiger partial charge in [0.2, 0.25) is 0 Å². The predicted octanol–water partition coefficient (Wildman–Crippen LogP) is 2.49. The summed E-state index contributed by atoms with van der Waals surface area (Å²) >= 11 is 0. The Morgan fingerprint density at radius 2 is 1.94 bits per heavy atom. The summed E-state index contributed by atoms with van der Waals surface area (Å²) in [7, 11) is 0. The molecule has 18 heavy (non-hydrogen) atoms. The molecule has 2 aliphatic carbocycles. The third kappa shape index (κ3) is 2.21. The van der Waals surface area contributed by atoms with Crippen LogP contribution in [0.4, 0.5) is 0 Å². The van der Waals surface area contributed by atoms with Crippen molar-refractivity contribution < 1.29 is 9.47 Å². The van der Waals surface area contributed by atoms with Crippen molar-refractivity contribution in [3.63, 3.8) is 0 Å². The average Bonchev–Trinajstić information content (AvgIpc) is 2.91. The number of nitrogens with one attached hydrogen (secondary N) is 1. The molecule has 1 aliphatic heterocycles. The first-order valence-corrected chi connectivity index (χ1v) is 7.80. The summed E-state index contributed by atoms with van der Waals surface area (Å²) < 4.78 is 11.4. The maximum absolute atomic E-state index is 5.97. The van der Waals surface area contributed by atoms with Gasteiger partial charge in [0.15, 0.2) is 0 Å². The summed E-state index contributed by atoms with van der Waals surface area (Å²) in [5, 5.41) is 3.92. The van der Waals surface area contributed by atoms with Gasteiger partial charge in [0.05, 0.1) is 6.10 Å². The van der Waals surface area contributed by atoms with Gasteiger partial charge in [-0.1, -0.05) is 12.8 Å². The summed E-state index contributed by atoms with van der Waals surface area (Å²) in [6.07, 6.45) is 9.67. The molecule has 0 radical (unpaired) electrons. The SMILES string of the molecule is CCOC1CC(NC2CCOCC2)C12CCCC2. The Bertz CT molecular complexity index is 270. The van der Waals surface area contributed by atoms with Gasteiger partial charge >= 0.3 is 0 Å². The first-order valence-electron chi connectivity index (χ1n) is 7.80. The molecule has 3 fully saturated rings. The van der Waals surface area contributed by atoms with Crippen molar-refractivity contribution in [2.75, 3.05) is 19.8 Å². The molecule has 2 unspecified atom stereocenters. The summed E-state index contributed by atoms with van der Waals surface area (Å²) in [6.45, 7) is 4.87. The summed E-state index contributed by atoms with van der Waals surface area (Å²) in [5.74, 6) is 0. The normalized spacial score (nSPS) is 35.8. The fourth-order valence-electron chi connectivity index (χ4n) is 4.27. The molecule has 2 atom stereocenters. The molecular weight excluding hydrogens is 226 g/mol. The van der Waals surface area contributed by atoms with Gasteiger partial charge in [-0.25, -0.2) is 0 Å². The van der Waals surface area contributed by atoms with E-state index in [1.807, 2.05) is 0 Å². The Morgan fingerprint density at radius 3 is 2.61 bits per heavy atom. The second-order valence-corrected chi connectivity index (χ2v) is 6.23. The van der Waals surface area contributed by atoms with Gasteiger partial charge in [0.1, 0.15) is 0 Å². The lowest BCUT2D eigenvalue weighted by atomic mass is 9.60. The highest BCUT2D eigenvalue weighted by molar-refractivity contribution is 5.10. The highest BCUT2D eigenvalue weighted by Gasteiger charge is 2.56. The molecule has 1 saturated heterocycles. The highest BCUT2D eigenvalue weighted by atomic mass is 16.5. The zero-order chi connectivity index (χ0) is 12.4. The molecule has 3 aliphatic rings. The van der Waals surface area contributed by atoms with Gasteiger partial charge < -0.3 is 14.8 Å². The van der Waals surface area contributed by atoms with E-state index in [1.165, 1.54) is 44.9 Å². The van der Waals surface area contributed by atoms with Crippen LogP contribution in [0, 0.1) is 5.41 Å². The lowest BCUT2D eigenvalue weighted by Crippen LogP contribution is -2.64. The molecule has 0 aromatic carbocycles. The monoisotopic (exact) mass is 253 g/mol. The highest BCUT2D eigenvalue weighted by Crippen LogP contribution is 2.54. The molecule has 1 N–H and O–H groups in total. The van der Waals surface area contributed by atoms with Crippen molar-refractivity contribution in [3.8, 4) is 0 Å². The first kappa shape index (κ1) is 12.9. The standard InChI is InChI=1S/C15H27NO2/c1-2-18-14-11-13(15(14)7-3-4-8-15)16-12-5-9-17-10-6-12/h12-14,16H,2-11H2,1H3. The zero-order valence-corrected chi connectivity index (χ0v) is 11.6.